The fourth-order valence-corrected chi connectivity index (χ4v) is 2.01. The van der Waals surface area contributed by atoms with Crippen LogP contribution < -0.4 is 5.32 Å². The van der Waals surface area contributed by atoms with E-state index in [1.165, 1.54) is 0 Å². The highest BCUT2D eigenvalue weighted by Crippen LogP contribution is 2.04. The molecule has 2 aromatic heterocycles. The normalized spacial score (nSPS) is 18.0. The highest BCUT2D eigenvalue weighted by molar-refractivity contribution is 5.36. The maximum absolute atomic E-state index is 4.50. The second kappa shape index (κ2) is 4.19. The molecule has 0 radical (unpaired) electrons. The van der Waals surface area contributed by atoms with Gasteiger partial charge in [-0.25, -0.2) is 9.50 Å². The Balaban J connectivity index is 1.78. The van der Waals surface area contributed by atoms with Crippen molar-refractivity contribution in [2.24, 2.45) is 0 Å². The molecule has 5 heteroatoms. The molecule has 5 nitrogen and oxygen atoms in total. The number of aromatic nitrogens is 3. The van der Waals surface area contributed by atoms with Crippen LogP contribution >= 0.6 is 0 Å². The number of nitrogens with one attached hydrogen (secondary N) is 1. The van der Waals surface area contributed by atoms with Crippen molar-refractivity contribution in [2.45, 2.75) is 6.54 Å². The third-order valence-corrected chi connectivity index (χ3v) is 2.86. The van der Waals surface area contributed by atoms with Gasteiger partial charge in [-0.05, 0) is 12.1 Å². The number of pyridine rings is 1. The number of hydrogen-bond donors (Lipinski definition) is 1. The molecule has 84 valence electrons. The Bertz CT molecular complexity index is 439. The van der Waals surface area contributed by atoms with Gasteiger partial charge in [0.05, 0.1) is 6.54 Å². The van der Waals surface area contributed by atoms with Gasteiger partial charge in [-0.3, -0.25) is 4.90 Å². The molecular weight excluding hydrogens is 202 g/mol. The van der Waals surface area contributed by atoms with Crippen molar-refractivity contribution < 1.29 is 0 Å². The van der Waals surface area contributed by atoms with E-state index in [-0.39, 0.29) is 0 Å². The van der Waals surface area contributed by atoms with E-state index in [4.69, 9.17) is 0 Å². The van der Waals surface area contributed by atoms with Crippen molar-refractivity contribution in [3.63, 3.8) is 0 Å². The summed E-state index contributed by atoms with van der Waals surface area (Å²) in [4.78, 5) is 6.88. The van der Waals surface area contributed by atoms with Gasteiger partial charge in [0.2, 0.25) is 0 Å². The van der Waals surface area contributed by atoms with Gasteiger partial charge in [0, 0.05) is 32.4 Å². The predicted molar refractivity (Wildman–Crippen MR) is 61.1 cm³/mol. The molecule has 0 amide bonds. The molecule has 0 aromatic carbocycles. The molecule has 1 aliphatic heterocycles. The minimum Gasteiger partial charge on any atom is -0.314 e. The summed E-state index contributed by atoms with van der Waals surface area (Å²) in [7, 11) is 0. The van der Waals surface area contributed by atoms with E-state index in [0.717, 1.165) is 44.2 Å². The first kappa shape index (κ1) is 9.74. The SMILES string of the molecule is c1ccn2nc(CN3CCNCC3)nc2c1. The minimum absolute atomic E-state index is 0.851. The second-order valence-electron chi connectivity index (χ2n) is 4.06. The maximum Gasteiger partial charge on any atom is 0.165 e. The van der Waals surface area contributed by atoms with E-state index in [9.17, 15) is 0 Å². The fraction of sp³-hybridized carbons (Fsp3) is 0.455. The summed E-state index contributed by atoms with van der Waals surface area (Å²) >= 11 is 0. The second-order valence-corrected chi connectivity index (χ2v) is 4.06. The van der Waals surface area contributed by atoms with Crippen LogP contribution in [0.15, 0.2) is 24.4 Å². The number of fused-ring (bicyclic) bond motifs is 1. The number of hydrogen-bond acceptors (Lipinski definition) is 4. The Morgan fingerprint density at radius 1 is 1.25 bits per heavy atom. The van der Waals surface area contributed by atoms with Crippen molar-refractivity contribution in [3.05, 3.63) is 30.2 Å². The molecule has 1 fully saturated rings. The minimum atomic E-state index is 0.851. The van der Waals surface area contributed by atoms with Gasteiger partial charge in [-0.2, -0.15) is 0 Å². The van der Waals surface area contributed by atoms with Gasteiger partial charge in [0.1, 0.15) is 0 Å². The maximum atomic E-state index is 4.50. The number of rotatable bonds is 2. The highest BCUT2D eigenvalue weighted by Gasteiger charge is 2.12. The topological polar surface area (TPSA) is 45.5 Å². The smallest absolute Gasteiger partial charge is 0.165 e. The lowest BCUT2D eigenvalue weighted by Gasteiger charge is -2.25. The zero-order valence-corrected chi connectivity index (χ0v) is 9.13. The molecular formula is C11H15N5. The van der Waals surface area contributed by atoms with Crippen LogP contribution in [0.25, 0.3) is 5.65 Å². The van der Waals surface area contributed by atoms with Crippen molar-refractivity contribution in [3.8, 4) is 0 Å². The largest absolute Gasteiger partial charge is 0.314 e. The van der Waals surface area contributed by atoms with Crippen LogP contribution in [0.5, 0.6) is 0 Å². The molecule has 3 heterocycles. The van der Waals surface area contributed by atoms with Crippen molar-refractivity contribution in [2.75, 3.05) is 26.2 Å². The molecule has 1 aliphatic rings. The van der Waals surface area contributed by atoms with Crippen molar-refractivity contribution in [1.82, 2.24) is 24.8 Å². The molecule has 1 saturated heterocycles. The first-order chi connectivity index (χ1) is 7.92. The molecule has 0 unspecified atom stereocenters. The van der Waals surface area contributed by atoms with E-state index in [2.05, 4.69) is 20.3 Å². The zero-order valence-electron chi connectivity index (χ0n) is 9.13. The molecule has 0 spiro atoms. The Hall–Kier alpha value is -1.46. The zero-order chi connectivity index (χ0) is 10.8. The molecule has 0 aliphatic carbocycles. The van der Waals surface area contributed by atoms with Crippen LogP contribution in [0.3, 0.4) is 0 Å². The predicted octanol–water partition coefficient (Wildman–Crippen LogP) is 0.134. The summed E-state index contributed by atoms with van der Waals surface area (Å²) < 4.78 is 1.83. The van der Waals surface area contributed by atoms with Crippen molar-refractivity contribution in [1.29, 1.82) is 0 Å². The monoisotopic (exact) mass is 217 g/mol. The summed E-state index contributed by atoms with van der Waals surface area (Å²) in [5, 5.41) is 7.79. The van der Waals surface area contributed by atoms with Crippen LogP contribution in [0.4, 0.5) is 0 Å². The Morgan fingerprint density at radius 3 is 2.94 bits per heavy atom. The summed E-state index contributed by atoms with van der Waals surface area (Å²) in [5.74, 6) is 0.910. The van der Waals surface area contributed by atoms with Gasteiger partial charge in [-0.15, -0.1) is 5.10 Å². The van der Waals surface area contributed by atoms with Gasteiger partial charge in [-0.1, -0.05) is 6.07 Å². The average Bonchev–Trinajstić information content (AvgIpc) is 2.72. The lowest BCUT2D eigenvalue weighted by Crippen LogP contribution is -2.43. The van der Waals surface area contributed by atoms with Crippen LogP contribution in [-0.2, 0) is 6.54 Å². The standard InChI is InChI=1S/C11H15N5/c1-2-6-16-11(3-1)13-10(14-16)9-15-7-4-12-5-8-15/h1-3,6,12H,4-5,7-9H2. The van der Waals surface area contributed by atoms with Gasteiger partial charge in [0.15, 0.2) is 11.5 Å². The highest BCUT2D eigenvalue weighted by atomic mass is 15.3. The molecule has 0 atom stereocenters. The summed E-state index contributed by atoms with van der Waals surface area (Å²) in [5.41, 5.74) is 0.924. The quantitative estimate of drug-likeness (QED) is 0.777. The van der Waals surface area contributed by atoms with Crippen LogP contribution in [0.1, 0.15) is 5.82 Å². The summed E-state index contributed by atoms with van der Waals surface area (Å²) in [6.07, 6.45) is 1.93. The first-order valence-corrected chi connectivity index (χ1v) is 5.65. The first-order valence-electron chi connectivity index (χ1n) is 5.65. The van der Waals surface area contributed by atoms with E-state index < -0.39 is 0 Å². The Labute approximate surface area is 94.1 Å². The van der Waals surface area contributed by atoms with E-state index in [1.54, 1.807) is 0 Å². The molecule has 3 rings (SSSR count). The fourth-order valence-electron chi connectivity index (χ4n) is 2.01. The molecule has 1 N–H and O–H groups in total. The lowest BCUT2D eigenvalue weighted by molar-refractivity contribution is 0.228. The van der Waals surface area contributed by atoms with Gasteiger partial charge < -0.3 is 5.32 Å². The van der Waals surface area contributed by atoms with Crippen LogP contribution in [0.2, 0.25) is 0 Å². The Morgan fingerprint density at radius 2 is 2.12 bits per heavy atom. The van der Waals surface area contributed by atoms with Gasteiger partial charge >= 0.3 is 0 Å². The number of piperazine rings is 1. The Kier molecular flexibility index (Phi) is 2.55. The van der Waals surface area contributed by atoms with Crippen LogP contribution in [0, 0.1) is 0 Å². The van der Waals surface area contributed by atoms with Gasteiger partial charge in [0.25, 0.3) is 0 Å². The van der Waals surface area contributed by atoms with Crippen molar-refractivity contribution >= 4 is 5.65 Å². The van der Waals surface area contributed by atoms with E-state index in [0.29, 0.717) is 0 Å². The molecule has 0 saturated carbocycles. The van der Waals surface area contributed by atoms with E-state index in [1.807, 2.05) is 28.9 Å². The summed E-state index contributed by atoms with van der Waals surface area (Å²) in [6, 6.07) is 5.93. The average molecular weight is 217 g/mol. The van der Waals surface area contributed by atoms with Crippen LogP contribution in [-0.4, -0.2) is 45.7 Å². The molecule has 16 heavy (non-hydrogen) atoms. The summed E-state index contributed by atoms with van der Waals surface area (Å²) in [6.45, 7) is 5.13. The third kappa shape index (κ3) is 1.91. The van der Waals surface area contributed by atoms with E-state index >= 15 is 0 Å². The number of nitrogens with zero attached hydrogens (tertiary/aromatic N) is 4. The third-order valence-electron chi connectivity index (χ3n) is 2.86. The molecule has 2 aromatic rings. The molecule has 0 bridgehead atoms. The lowest BCUT2D eigenvalue weighted by atomic mass is 10.3.